The molecule has 2 N–H and O–H groups in total. The minimum Gasteiger partial charge on any atom is -0.394 e. The van der Waals surface area contributed by atoms with E-state index in [1.165, 1.54) is 5.56 Å². The Morgan fingerprint density at radius 2 is 1.95 bits per heavy atom. The van der Waals surface area contributed by atoms with Crippen molar-refractivity contribution >= 4 is 11.8 Å². The fraction of sp³-hybridized carbons (Fsp3) is 0.625. The zero-order valence-electron chi connectivity index (χ0n) is 12.4. The van der Waals surface area contributed by atoms with Gasteiger partial charge < -0.3 is 10.4 Å². The maximum Gasteiger partial charge on any atom is 0.0610 e. The second-order valence-corrected chi connectivity index (χ2v) is 6.76. The molecule has 0 fully saturated rings. The van der Waals surface area contributed by atoms with Gasteiger partial charge in [-0.1, -0.05) is 44.2 Å². The van der Waals surface area contributed by atoms with Crippen LogP contribution in [-0.2, 0) is 5.75 Å². The summed E-state index contributed by atoms with van der Waals surface area (Å²) in [6, 6.07) is 11.0. The molecule has 1 unspecified atom stereocenters. The molecule has 0 aliphatic heterocycles. The van der Waals surface area contributed by atoms with E-state index in [4.69, 9.17) is 0 Å². The molecule has 0 saturated carbocycles. The molecule has 19 heavy (non-hydrogen) atoms. The third-order valence-corrected chi connectivity index (χ3v) is 4.23. The Morgan fingerprint density at radius 3 is 2.53 bits per heavy atom. The summed E-state index contributed by atoms with van der Waals surface area (Å²) >= 11 is 1.97. The van der Waals surface area contributed by atoms with Crippen molar-refractivity contribution in [1.29, 1.82) is 0 Å². The summed E-state index contributed by atoms with van der Waals surface area (Å²) in [7, 11) is 0. The normalized spacial score (nSPS) is 14.6. The van der Waals surface area contributed by atoms with Crippen LogP contribution in [0.3, 0.4) is 0 Å². The molecule has 2 nitrogen and oxygen atoms in total. The molecule has 1 aromatic carbocycles. The Kier molecular flexibility index (Phi) is 7.51. The Morgan fingerprint density at radius 1 is 1.26 bits per heavy atom. The van der Waals surface area contributed by atoms with Crippen molar-refractivity contribution in [3.05, 3.63) is 35.9 Å². The molecule has 0 heterocycles. The Labute approximate surface area is 122 Å². The SMILES string of the molecule is CC(C)NC(C)(CO)CCCSCc1ccccc1. The number of hydrogen-bond acceptors (Lipinski definition) is 3. The minimum absolute atomic E-state index is 0.137. The highest BCUT2D eigenvalue weighted by Crippen LogP contribution is 2.18. The molecule has 0 amide bonds. The van der Waals surface area contributed by atoms with E-state index in [9.17, 15) is 5.11 Å². The zero-order chi connectivity index (χ0) is 14.1. The number of nitrogens with one attached hydrogen (secondary N) is 1. The van der Waals surface area contributed by atoms with E-state index >= 15 is 0 Å². The Balaban J connectivity index is 2.19. The van der Waals surface area contributed by atoms with Crippen LogP contribution in [-0.4, -0.2) is 29.0 Å². The summed E-state index contributed by atoms with van der Waals surface area (Å²) in [5.41, 5.74) is 1.25. The first-order valence-corrected chi connectivity index (χ1v) is 8.21. The average molecular weight is 281 g/mol. The van der Waals surface area contributed by atoms with E-state index < -0.39 is 0 Å². The molecule has 0 aromatic heterocycles. The number of rotatable bonds is 9. The van der Waals surface area contributed by atoms with Gasteiger partial charge in [0.05, 0.1) is 6.61 Å². The van der Waals surface area contributed by atoms with E-state index in [0.717, 1.165) is 24.3 Å². The molecule has 0 aliphatic rings. The van der Waals surface area contributed by atoms with Gasteiger partial charge >= 0.3 is 0 Å². The van der Waals surface area contributed by atoms with Crippen LogP contribution < -0.4 is 5.32 Å². The second kappa shape index (κ2) is 8.62. The molecule has 3 heteroatoms. The lowest BCUT2D eigenvalue weighted by atomic mass is 9.96. The van der Waals surface area contributed by atoms with Gasteiger partial charge in [-0.25, -0.2) is 0 Å². The molecule has 108 valence electrons. The van der Waals surface area contributed by atoms with Crippen LogP contribution in [0.2, 0.25) is 0 Å². The summed E-state index contributed by atoms with van der Waals surface area (Å²) in [4.78, 5) is 0. The lowest BCUT2D eigenvalue weighted by Gasteiger charge is -2.31. The quantitative estimate of drug-likeness (QED) is 0.680. The van der Waals surface area contributed by atoms with Crippen molar-refractivity contribution in [1.82, 2.24) is 5.32 Å². The van der Waals surface area contributed by atoms with E-state index in [2.05, 4.69) is 56.4 Å². The summed E-state index contributed by atoms with van der Waals surface area (Å²) in [6.45, 7) is 6.56. The number of aliphatic hydroxyl groups excluding tert-OH is 1. The van der Waals surface area contributed by atoms with Gasteiger partial charge in [-0.2, -0.15) is 11.8 Å². The van der Waals surface area contributed by atoms with Crippen LogP contribution >= 0.6 is 11.8 Å². The first-order chi connectivity index (χ1) is 9.06. The van der Waals surface area contributed by atoms with Crippen molar-refractivity contribution in [3.63, 3.8) is 0 Å². The molecular weight excluding hydrogens is 254 g/mol. The number of hydrogen-bond donors (Lipinski definition) is 2. The molecule has 0 radical (unpaired) electrons. The molecule has 1 atom stereocenters. The Bertz CT molecular complexity index is 342. The van der Waals surface area contributed by atoms with Gasteiger partial charge in [-0.05, 0) is 31.1 Å². The maximum absolute atomic E-state index is 9.50. The van der Waals surface area contributed by atoms with Crippen LogP contribution in [0.15, 0.2) is 30.3 Å². The van der Waals surface area contributed by atoms with Gasteiger partial charge in [0.1, 0.15) is 0 Å². The average Bonchev–Trinajstić information content (AvgIpc) is 2.39. The first-order valence-electron chi connectivity index (χ1n) is 7.06. The van der Waals surface area contributed by atoms with Crippen molar-refractivity contribution in [2.24, 2.45) is 0 Å². The smallest absolute Gasteiger partial charge is 0.0610 e. The van der Waals surface area contributed by atoms with Crippen molar-refractivity contribution in [2.45, 2.75) is 50.9 Å². The predicted molar refractivity (Wildman–Crippen MR) is 85.6 cm³/mol. The van der Waals surface area contributed by atoms with Crippen LogP contribution in [0.25, 0.3) is 0 Å². The fourth-order valence-electron chi connectivity index (χ4n) is 2.22. The molecule has 0 aliphatic carbocycles. The predicted octanol–water partition coefficient (Wildman–Crippen LogP) is 3.45. The van der Waals surface area contributed by atoms with Crippen LogP contribution in [0.1, 0.15) is 39.2 Å². The van der Waals surface area contributed by atoms with Crippen LogP contribution in [0, 0.1) is 0 Å². The van der Waals surface area contributed by atoms with E-state index in [0.29, 0.717) is 6.04 Å². The summed E-state index contributed by atoms with van der Waals surface area (Å²) in [5.74, 6) is 2.22. The maximum atomic E-state index is 9.50. The fourth-order valence-corrected chi connectivity index (χ4v) is 3.14. The van der Waals surface area contributed by atoms with Gasteiger partial charge in [0.25, 0.3) is 0 Å². The van der Waals surface area contributed by atoms with E-state index in [1.807, 2.05) is 11.8 Å². The Hall–Kier alpha value is -0.510. The third-order valence-electron chi connectivity index (χ3n) is 3.11. The zero-order valence-corrected chi connectivity index (χ0v) is 13.2. The lowest BCUT2D eigenvalue weighted by Crippen LogP contribution is -2.49. The van der Waals surface area contributed by atoms with Crippen molar-refractivity contribution < 1.29 is 5.11 Å². The highest BCUT2D eigenvalue weighted by molar-refractivity contribution is 7.98. The van der Waals surface area contributed by atoms with E-state index in [1.54, 1.807) is 0 Å². The molecule has 1 rings (SSSR count). The summed E-state index contributed by atoms with van der Waals surface area (Å²) in [5, 5.41) is 13.0. The standard InChI is InChI=1S/C16H27NOS/c1-14(2)17-16(3,13-18)10-7-11-19-12-15-8-5-4-6-9-15/h4-6,8-9,14,17-18H,7,10-13H2,1-3H3. The van der Waals surface area contributed by atoms with Crippen LogP contribution in [0.4, 0.5) is 0 Å². The third kappa shape index (κ3) is 7.00. The van der Waals surface area contributed by atoms with Gasteiger partial charge in [-0.3, -0.25) is 0 Å². The summed E-state index contributed by atoms with van der Waals surface area (Å²) < 4.78 is 0. The van der Waals surface area contributed by atoms with Crippen molar-refractivity contribution in [3.8, 4) is 0 Å². The highest BCUT2D eigenvalue weighted by atomic mass is 32.2. The molecule has 0 saturated heterocycles. The van der Waals surface area contributed by atoms with E-state index in [-0.39, 0.29) is 12.1 Å². The monoisotopic (exact) mass is 281 g/mol. The second-order valence-electron chi connectivity index (χ2n) is 5.66. The molecular formula is C16H27NOS. The minimum atomic E-state index is -0.137. The van der Waals surface area contributed by atoms with Gasteiger partial charge in [-0.15, -0.1) is 0 Å². The molecule has 0 bridgehead atoms. The number of thioether (sulfide) groups is 1. The molecule has 0 spiro atoms. The number of aliphatic hydroxyl groups is 1. The molecule has 1 aromatic rings. The van der Waals surface area contributed by atoms with Gasteiger partial charge in [0.2, 0.25) is 0 Å². The highest BCUT2D eigenvalue weighted by Gasteiger charge is 2.22. The van der Waals surface area contributed by atoms with Gasteiger partial charge in [0.15, 0.2) is 0 Å². The topological polar surface area (TPSA) is 32.3 Å². The summed E-state index contributed by atoms with van der Waals surface area (Å²) in [6.07, 6.45) is 2.15. The van der Waals surface area contributed by atoms with Crippen molar-refractivity contribution in [2.75, 3.05) is 12.4 Å². The van der Waals surface area contributed by atoms with Gasteiger partial charge in [0, 0.05) is 17.3 Å². The van der Waals surface area contributed by atoms with Crippen LogP contribution in [0.5, 0.6) is 0 Å². The lowest BCUT2D eigenvalue weighted by molar-refractivity contribution is 0.156. The largest absolute Gasteiger partial charge is 0.394 e. The number of benzene rings is 1. The first kappa shape index (κ1) is 16.5.